The van der Waals surface area contributed by atoms with Crippen molar-refractivity contribution in [3.05, 3.63) is 11.3 Å². The van der Waals surface area contributed by atoms with Gasteiger partial charge >= 0.3 is 0 Å². The molecule has 2 nitrogen and oxygen atoms in total. The third-order valence-electron chi connectivity index (χ3n) is 3.03. The smallest absolute Gasteiger partial charge is 0.0736 e. The second-order valence-electron chi connectivity index (χ2n) is 4.32. The Bertz CT molecular complexity index is 177. The van der Waals surface area contributed by atoms with Crippen LogP contribution in [-0.4, -0.2) is 53.9 Å². The van der Waals surface area contributed by atoms with E-state index in [-0.39, 0.29) is 5.66 Å². The third-order valence-corrected chi connectivity index (χ3v) is 4.02. The van der Waals surface area contributed by atoms with E-state index in [4.69, 9.17) is 0 Å². The standard InChI is InChI=1S/C10H24N2Si/c1-9(8-13)7-10(2,11(3)4)12(5)6/h8H,7H2,1-6,13H3/b9-8+. The highest BCUT2D eigenvalue weighted by molar-refractivity contribution is 6.17. The number of rotatable bonds is 4. The summed E-state index contributed by atoms with van der Waals surface area (Å²) in [5, 5.41) is 0. The molecule has 0 spiro atoms. The Hall–Kier alpha value is -0.123. The fourth-order valence-electron chi connectivity index (χ4n) is 1.35. The summed E-state index contributed by atoms with van der Waals surface area (Å²) in [4.78, 5) is 4.56. The molecule has 0 unspecified atom stereocenters. The lowest BCUT2D eigenvalue weighted by Crippen LogP contribution is -2.52. The highest BCUT2D eigenvalue weighted by atomic mass is 28.1. The van der Waals surface area contributed by atoms with Crippen LogP contribution in [0.3, 0.4) is 0 Å². The van der Waals surface area contributed by atoms with Crippen LogP contribution >= 0.6 is 0 Å². The molecule has 0 aromatic heterocycles. The Balaban J connectivity index is 4.61. The van der Waals surface area contributed by atoms with E-state index in [9.17, 15) is 0 Å². The summed E-state index contributed by atoms with van der Waals surface area (Å²) < 4.78 is 0. The Morgan fingerprint density at radius 3 is 1.85 bits per heavy atom. The van der Waals surface area contributed by atoms with Crippen LogP contribution in [-0.2, 0) is 0 Å². The zero-order valence-electron chi connectivity index (χ0n) is 10.2. The molecule has 0 bridgehead atoms. The maximum absolute atomic E-state index is 2.32. The van der Waals surface area contributed by atoms with E-state index in [1.165, 1.54) is 5.57 Å². The van der Waals surface area contributed by atoms with E-state index in [1.807, 2.05) is 0 Å². The van der Waals surface area contributed by atoms with Gasteiger partial charge in [-0.2, -0.15) is 0 Å². The van der Waals surface area contributed by atoms with Crippen LogP contribution in [0.2, 0.25) is 0 Å². The van der Waals surface area contributed by atoms with Gasteiger partial charge in [-0.3, -0.25) is 9.80 Å². The topological polar surface area (TPSA) is 6.48 Å². The summed E-state index contributed by atoms with van der Waals surface area (Å²) in [7, 11) is 9.72. The first kappa shape index (κ1) is 12.9. The molecular weight excluding hydrogens is 176 g/mol. The normalized spacial score (nSPS) is 14.6. The van der Waals surface area contributed by atoms with E-state index in [1.54, 1.807) is 0 Å². The Morgan fingerprint density at radius 2 is 1.62 bits per heavy atom. The first-order chi connectivity index (χ1) is 5.84. The van der Waals surface area contributed by atoms with Crippen LogP contribution in [0.15, 0.2) is 11.3 Å². The van der Waals surface area contributed by atoms with Crippen molar-refractivity contribution in [1.29, 1.82) is 0 Å². The number of hydrogen-bond donors (Lipinski definition) is 0. The first-order valence-corrected chi connectivity index (χ1v) is 5.96. The van der Waals surface area contributed by atoms with Crippen LogP contribution in [0.1, 0.15) is 20.3 Å². The van der Waals surface area contributed by atoms with Gasteiger partial charge in [0, 0.05) is 10.2 Å². The maximum Gasteiger partial charge on any atom is 0.0736 e. The van der Waals surface area contributed by atoms with Crippen molar-refractivity contribution >= 4 is 10.2 Å². The van der Waals surface area contributed by atoms with Gasteiger partial charge in [-0.05, 0) is 48.5 Å². The fourth-order valence-corrected chi connectivity index (χ4v) is 1.55. The van der Waals surface area contributed by atoms with E-state index >= 15 is 0 Å². The minimum absolute atomic E-state index is 0.144. The van der Waals surface area contributed by atoms with E-state index in [0.29, 0.717) is 0 Å². The summed E-state index contributed by atoms with van der Waals surface area (Å²) >= 11 is 0. The van der Waals surface area contributed by atoms with E-state index in [2.05, 4.69) is 57.5 Å². The van der Waals surface area contributed by atoms with E-state index < -0.39 is 0 Å². The summed E-state index contributed by atoms with van der Waals surface area (Å²) in [5.74, 6) is 0. The Kier molecular flexibility index (Phi) is 4.89. The van der Waals surface area contributed by atoms with Crippen LogP contribution in [0.4, 0.5) is 0 Å². The molecule has 0 aromatic carbocycles. The van der Waals surface area contributed by atoms with Gasteiger partial charge in [-0.25, -0.2) is 0 Å². The van der Waals surface area contributed by atoms with Gasteiger partial charge in [0.15, 0.2) is 0 Å². The molecular formula is C10H24N2Si. The molecule has 0 radical (unpaired) electrons. The molecule has 0 aliphatic heterocycles. The molecule has 0 fully saturated rings. The van der Waals surface area contributed by atoms with Crippen LogP contribution < -0.4 is 0 Å². The van der Waals surface area contributed by atoms with Crippen LogP contribution in [0.25, 0.3) is 0 Å². The number of nitrogens with zero attached hydrogens (tertiary/aromatic N) is 2. The molecule has 0 saturated heterocycles. The molecule has 0 amide bonds. The first-order valence-electron chi connectivity index (χ1n) is 4.81. The quantitative estimate of drug-likeness (QED) is 0.481. The van der Waals surface area contributed by atoms with Gasteiger partial charge in [0.2, 0.25) is 0 Å². The summed E-state index contributed by atoms with van der Waals surface area (Å²) in [5.41, 5.74) is 3.97. The summed E-state index contributed by atoms with van der Waals surface area (Å²) in [6.45, 7) is 4.50. The van der Waals surface area contributed by atoms with Crippen molar-refractivity contribution in [2.75, 3.05) is 28.2 Å². The molecule has 3 heteroatoms. The lowest BCUT2D eigenvalue weighted by molar-refractivity contribution is 0.0219. The molecule has 0 aromatic rings. The molecule has 78 valence electrons. The fraction of sp³-hybridized carbons (Fsp3) is 0.800. The molecule has 0 rings (SSSR count). The molecule has 0 aliphatic carbocycles. The lowest BCUT2D eigenvalue weighted by atomic mass is 10.0. The molecule has 0 aliphatic rings. The maximum atomic E-state index is 2.32. The van der Waals surface area contributed by atoms with Crippen molar-refractivity contribution in [2.24, 2.45) is 0 Å². The van der Waals surface area contributed by atoms with Crippen molar-refractivity contribution in [2.45, 2.75) is 25.9 Å². The molecule has 0 saturated carbocycles. The molecule has 13 heavy (non-hydrogen) atoms. The third kappa shape index (κ3) is 3.25. The zero-order valence-corrected chi connectivity index (χ0v) is 12.2. The van der Waals surface area contributed by atoms with Crippen molar-refractivity contribution in [1.82, 2.24) is 9.80 Å². The number of hydrogen-bond acceptors (Lipinski definition) is 2. The van der Waals surface area contributed by atoms with Crippen LogP contribution in [0.5, 0.6) is 0 Å². The lowest BCUT2D eigenvalue weighted by Gasteiger charge is -2.42. The van der Waals surface area contributed by atoms with Gasteiger partial charge in [-0.15, -0.1) is 5.70 Å². The highest BCUT2D eigenvalue weighted by Gasteiger charge is 2.28. The van der Waals surface area contributed by atoms with Crippen LogP contribution in [0, 0.1) is 0 Å². The monoisotopic (exact) mass is 200 g/mol. The van der Waals surface area contributed by atoms with Gasteiger partial charge in [0.25, 0.3) is 0 Å². The van der Waals surface area contributed by atoms with Crippen molar-refractivity contribution < 1.29 is 0 Å². The predicted molar refractivity (Wildman–Crippen MR) is 64.1 cm³/mol. The summed E-state index contributed by atoms with van der Waals surface area (Å²) in [6.07, 6.45) is 1.12. The Labute approximate surface area is 86.0 Å². The average molecular weight is 200 g/mol. The largest absolute Gasteiger partial charge is 0.291 e. The van der Waals surface area contributed by atoms with E-state index in [0.717, 1.165) is 16.7 Å². The minimum atomic E-state index is 0.144. The Morgan fingerprint density at radius 1 is 1.23 bits per heavy atom. The average Bonchev–Trinajstić information content (AvgIpc) is 2.03. The van der Waals surface area contributed by atoms with Gasteiger partial charge in [0.1, 0.15) is 0 Å². The summed E-state index contributed by atoms with van der Waals surface area (Å²) in [6, 6.07) is 0. The second kappa shape index (κ2) is 4.93. The minimum Gasteiger partial charge on any atom is -0.291 e. The predicted octanol–water partition coefficient (Wildman–Crippen LogP) is 0.485. The van der Waals surface area contributed by atoms with Gasteiger partial charge in [0.05, 0.1) is 5.66 Å². The van der Waals surface area contributed by atoms with Crippen molar-refractivity contribution in [3.63, 3.8) is 0 Å². The van der Waals surface area contributed by atoms with Crippen molar-refractivity contribution in [3.8, 4) is 0 Å². The molecule has 0 N–H and O–H groups in total. The molecule has 0 heterocycles. The zero-order chi connectivity index (χ0) is 10.6. The molecule has 0 atom stereocenters. The highest BCUT2D eigenvalue weighted by Crippen LogP contribution is 2.22. The SMILES string of the molecule is C/C(=C\[SiH3])CC(C)(N(C)C)N(C)C. The van der Waals surface area contributed by atoms with Gasteiger partial charge in [-0.1, -0.05) is 5.57 Å². The van der Waals surface area contributed by atoms with Gasteiger partial charge < -0.3 is 0 Å². The second-order valence-corrected chi connectivity index (χ2v) is 4.90.